The van der Waals surface area contributed by atoms with Gasteiger partial charge in [0.15, 0.2) is 0 Å². The van der Waals surface area contributed by atoms with Gasteiger partial charge in [-0.2, -0.15) is 0 Å². The Hall–Kier alpha value is -1.22. The Balaban J connectivity index is 2.34. The zero-order chi connectivity index (χ0) is 13.1. The predicted molar refractivity (Wildman–Crippen MR) is 71.9 cm³/mol. The lowest BCUT2D eigenvalue weighted by atomic mass is 9.81. The van der Waals surface area contributed by atoms with E-state index < -0.39 is 0 Å². The van der Waals surface area contributed by atoms with Crippen LogP contribution in [0.4, 0.5) is 4.79 Å². The van der Waals surface area contributed by atoms with Gasteiger partial charge < -0.3 is 10.1 Å². The smallest absolute Gasteiger partial charge is 0.407 e. The minimum absolute atomic E-state index is 0.0808. The third kappa shape index (κ3) is 2.61. The lowest BCUT2D eigenvalue weighted by Gasteiger charge is -2.39. The molecule has 3 atom stereocenters. The van der Waals surface area contributed by atoms with Crippen molar-refractivity contribution in [2.75, 3.05) is 5.88 Å². The van der Waals surface area contributed by atoms with E-state index in [4.69, 9.17) is 16.3 Å². The average molecular weight is 268 g/mol. The molecule has 0 aliphatic carbocycles. The van der Waals surface area contributed by atoms with E-state index in [0.29, 0.717) is 5.88 Å². The number of alkyl carbamates (subject to hydrolysis) is 1. The molecule has 1 heterocycles. The minimum Gasteiger partial charge on any atom is -0.445 e. The topological polar surface area (TPSA) is 38.3 Å². The van der Waals surface area contributed by atoms with Gasteiger partial charge in [0, 0.05) is 11.8 Å². The number of carbonyl (C=O) groups excluding carboxylic acids is 1. The average Bonchev–Trinajstić information content (AvgIpc) is 2.38. The molecule has 4 heteroatoms. The van der Waals surface area contributed by atoms with Crippen LogP contribution in [0.3, 0.4) is 0 Å². The Kier molecular flexibility index (Phi) is 4.12. The quantitative estimate of drug-likeness (QED) is 0.855. The molecule has 2 rings (SSSR count). The molecule has 1 aromatic rings. The lowest BCUT2D eigenvalue weighted by Crippen LogP contribution is -2.53. The normalized spacial score (nSPS) is 27.8. The fourth-order valence-corrected chi connectivity index (χ4v) is 2.75. The molecule has 1 aliphatic rings. The maximum absolute atomic E-state index is 11.5. The number of cyclic esters (lactones) is 1. The van der Waals surface area contributed by atoms with Crippen LogP contribution < -0.4 is 5.32 Å². The molecule has 0 radical (unpaired) electrons. The van der Waals surface area contributed by atoms with Gasteiger partial charge in [0.1, 0.15) is 6.10 Å². The zero-order valence-corrected chi connectivity index (χ0v) is 11.4. The monoisotopic (exact) mass is 267 g/mol. The van der Waals surface area contributed by atoms with E-state index in [1.165, 1.54) is 0 Å². The summed E-state index contributed by atoms with van der Waals surface area (Å²) in [6.07, 6.45) is -0.503. The van der Waals surface area contributed by atoms with E-state index in [-0.39, 0.29) is 30.1 Å². The maximum atomic E-state index is 11.5. The highest BCUT2D eigenvalue weighted by Crippen LogP contribution is 2.33. The van der Waals surface area contributed by atoms with Gasteiger partial charge in [0.05, 0.1) is 6.04 Å². The van der Waals surface area contributed by atoms with Gasteiger partial charge in [-0.1, -0.05) is 44.2 Å². The Labute approximate surface area is 112 Å². The SMILES string of the molecule is CC(C)[C@@H]1OC(=O)N[C@H](CCl)[C@H]1c1ccccc1. The molecule has 98 valence electrons. The van der Waals surface area contributed by atoms with Crippen LogP contribution in [0.5, 0.6) is 0 Å². The second kappa shape index (κ2) is 5.61. The second-order valence-electron chi connectivity index (χ2n) is 4.96. The predicted octanol–water partition coefficient (Wildman–Crippen LogP) is 3.14. The van der Waals surface area contributed by atoms with Crippen LogP contribution >= 0.6 is 11.6 Å². The Morgan fingerprint density at radius 3 is 2.56 bits per heavy atom. The number of rotatable bonds is 3. The molecule has 1 amide bonds. The summed E-state index contributed by atoms with van der Waals surface area (Å²) in [6.45, 7) is 4.12. The highest BCUT2D eigenvalue weighted by Gasteiger charge is 2.40. The number of alkyl halides is 1. The third-order valence-corrected chi connectivity index (χ3v) is 3.67. The standard InChI is InChI=1S/C14H18ClNO2/c1-9(2)13-12(10-6-4-3-5-7-10)11(8-15)16-14(17)18-13/h3-7,9,11-13H,8H2,1-2H3,(H,16,17)/t11-,12-,13+/m1/s1. The van der Waals surface area contributed by atoms with Crippen LogP contribution in [0, 0.1) is 5.92 Å². The van der Waals surface area contributed by atoms with Crippen molar-refractivity contribution in [3.63, 3.8) is 0 Å². The summed E-state index contributed by atoms with van der Waals surface area (Å²) in [4.78, 5) is 11.5. The second-order valence-corrected chi connectivity index (χ2v) is 5.26. The first-order valence-corrected chi connectivity index (χ1v) is 6.75. The maximum Gasteiger partial charge on any atom is 0.407 e. The van der Waals surface area contributed by atoms with Crippen LogP contribution in [0.1, 0.15) is 25.3 Å². The minimum atomic E-state index is -0.369. The van der Waals surface area contributed by atoms with Gasteiger partial charge in [0.2, 0.25) is 0 Å². The summed E-state index contributed by atoms with van der Waals surface area (Å²) in [5.41, 5.74) is 1.15. The van der Waals surface area contributed by atoms with Crippen molar-refractivity contribution in [1.82, 2.24) is 5.32 Å². The molecule has 0 spiro atoms. The van der Waals surface area contributed by atoms with Crippen LogP contribution in [0.2, 0.25) is 0 Å². The van der Waals surface area contributed by atoms with Crippen LogP contribution in [-0.4, -0.2) is 24.1 Å². The molecule has 1 N–H and O–H groups in total. The van der Waals surface area contributed by atoms with E-state index in [2.05, 4.69) is 31.3 Å². The molecule has 1 fully saturated rings. The number of ether oxygens (including phenoxy) is 1. The molecule has 1 aliphatic heterocycles. The summed E-state index contributed by atoms with van der Waals surface area (Å²) < 4.78 is 5.44. The summed E-state index contributed by atoms with van der Waals surface area (Å²) >= 11 is 5.99. The molecular formula is C14H18ClNO2. The van der Waals surface area contributed by atoms with Crippen LogP contribution in [0.25, 0.3) is 0 Å². The summed E-state index contributed by atoms with van der Waals surface area (Å²) in [5, 5.41) is 2.81. The van der Waals surface area contributed by atoms with Crippen LogP contribution in [0.15, 0.2) is 30.3 Å². The molecule has 0 saturated carbocycles. The van der Waals surface area contributed by atoms with E-state index in [9.17, 15) is 4.79 Å². The lowest BCUT2D eigenvalue weighted by molar-refractivity contribution is 0.0199. The first-order chi connectivity index (χ1) is 8.63. The van der Waals surface area contributed by atoms with Gasteiger partial charge in [0.25, 0.3) is 0 Å². The van der Waals surface area contributed by atoms with Crippen molar-refractivity contribution in [1.29, 1.82) is 0 Å². The first kappa shape index (κ1) is 13.2. The van der Waals surface area contributed by atoms with Gasteiger partial charge in [-0.25, -0.2) is 4.79 Å². The van der Waals surface area contributed by atoms with E-state index in [1.54, 1.807) is 0 Å². The van der Waals surface area contributed by atoms with Crippen molar-refractivity contribution < 1.29 is 9.53 Å². The Morgan fingerprint density at radius 2 is 2.00 bits per heavy atom. The fraction of sp³-hybridized carbons (Fsp3) is 0.500. The summed E-state index contributed by atoms with van der Waals surface area (Å²) in [5.74, 6) is 0.742. The Bertz CT molecular complexity index is 408. The Morgan fingerprint density at radius 1 is 1.33 bits per heavy atom. The van der Waals surface area contributed by atoms with Crippen molar-refractivity contribution >= 4 is 17.7 Å². The van der Waals surface area contributed by atoms with Crippen molar-refractivity contribution in [3.8, 4) is 0 Å². The molecule has 1 aromatic carbocycles. The third-order valence-electron chi connectivity index (χ3n) is 3.34. The highest BCUT2D eigenvalue weighted by atomic mass is 35.5. The van der Waals surface area contributed by atoms with E-state index in [1.807, 2.05) is 18.2 Å². The largest absolute Gasteiger partial charge is 0.445 e. The molecule has 0 bridgehead atoms. The number of hydrogen-bond acceptors (Lipinski definition) is 2. The number of carbonyl (C=O) groups is 1. The number of nitrogens with one attached hydrogen (secondary N) is 1. The number of hydrogen-bond donors (Lipinski definition) is 1. The molecule has 0 unspecified atom stereocenters. The molecular weight excluding hydrogens is 250 g/mol. The summed E-state index contributed by atoms with van der Waals surface area (Å²) in [6, 6.07) is 10.00. The van der Waals surface area contributed by atoms with E-state index >= 15 is 0 Å². The van der Waals surface area contributed by atoms with Crippen LogP contribution in [-0.2, 0) is 4.74 Å². The molecule has 3 nitrogen and oxygen atoms in total. The number of benzene rings is 1. The number of halogens is 1. The van der Waals surface area contributed by atoms with Crippen molar-refractivity contribution in [2.24, 2.45) is 5.92 Å². The van der Waals surface area contributed by atoms with Gasteiger partial charge in [-0.05, 0) is 11.5 Å². The van der Waals surface area contributed by atoms with Gasteiger partial charge in [-0.15, -0.1) is 11.6 Å². The molecule has 18 heavy (non-hydrogen) atoms. The fourth-order valence-electron chi connectivity index (χ4n) is 2.48. The highest BCUT2D eigenvalue weighted by molar-refractivity contribution is 6.18. The molecule has 1 saturated heterocycles. The van der Waals surface area contributed by atoms with Gasteiger partial charge in [-0.3, -0.25) is 0 Å². The summed E-state index contributed by atoms with van der Waals surface area (Å²) in [7, 11) is 0. The molecule has 0 aromatic heterocycles. The number of amides is 1. The zero-order valence-electron chi connectivity index (χ0n) is 10.6. The van der Waals surface area contributed by atoms with Crippen molar-refractivity contribution in [2.45, 2.75) is 31.9 Å². The van der Waals surface area contributed by atoms with Gasteiger partial charge >= 0.3 is 6.09 Å². The van der Waals surface area contributed by atoms with Crippen molar-refractivity contribution in [3.05, 3.63) is 35.9 Å². The van der Waals surface area contributed by atoms with E-state index in [0.717, 1.165) is 5.56 Å². The first-order valence-electron chi connectivity index (χ1n) is 6.21.